The molecule has 1 aromatic carbocycles. The van der Waals surface area contributed by atoms with Gasteiger partial charge < -0.3 is 5.32 Å². The fourth-order valence-corrected chi connectivity index (χ4v) is 3.57. The molecule has 0 spiro atoms. The Kier molecular flexibility index (Phi) is 4.76. The van der Waals surface area contributed by atoms with Crippen LogP contribution in [0.15, 0.2) is 42.7 Å². The molecule has 0 aliphatic heterocycles. The van der Waals surface area contributed by atoms with Crippen LogP contribution >= 0.6 is 11.3 Å². The fourth-order valence-electron chi connectivity index (χ4n) is 2.73. The zero-order valence-corrected chi connectivity index (χ0v) is 14.8. The number of carbonyl (C=O) groups is 1. The maximum absolute atomic E-state index is 12.4. The highest BCUT2D eigenvalue weighted by Crippen LogP contribution is 2.22. The number of hydrogen-bond donors (Lipinski definition) is 1. The molecule has 24 heavy (non-hydrogen) atoms. The molecule has 124 valence electrons. The first-order valence-electron chi connectivity index (χ1n) is 7.86. The third-order valence-corrected chi connectivity index (χ3v) is 4.79. The smallest absolute Gasteiger partial charge is 0.226 e. The molecule has 2 aromatic heterocycles. The Hall–Kier alpha value is -2.47. The second-order valence-electron chi connectivity index (χ2n) is 5.71. The van der Waals surface area contributed by atoms with Gasteiger partial charge in [0.1, 0.15) is 0 Å². The number of nitrogens with one attached hydrogen (secondary N) is 1. The number of rotatable bonds is 5. The van der Waals surface area contributed by atoms with E-state index in [0.717, 1.165) is 26.8 Å². The number of nitrogens with zero attached hydrogens (tertiary/aromatic N) is 3. The average molecular weight is 340 g/mol. The maximum Gasteiger partial charge on any atom is 0.226 e. The molecule has 6 heteroatoms. The van der Waals surface area contributed by atoms with E-state index in [1.165, 1.54) is 0 Å². The number of aryl methyl sites for hydroxylation is 2. The van der Waals surface area contributed by atoms with Crippen molar-refractivity contribution in [2.24, 2.45) is 0 Å². The molecule has 0 saturated heterocycles. The zero-order valence-electron chi connectivity index (χ0n) is 14.0. The molecule has 0 radical (unpaired) electrons. The van der Waals surface area contributed by atoms with Gasteiger partial charge in [-0.15, -0.1) is 11.3 Å². The summed E-state index contributed by atoms with van der Waals surface area (Å²) in [6, 6.07) is 9.72. The van der Waals surface area contributed by atoms with Crippen LogP contribution < -0.4 is 5.32 Å². The fraction of sp³-hybridized carbons (Fsp3) is 0.278. The van der Waals surface area contributed by atoms with E-state index in [2.05, 4.69) is 15.4 Å². The van der Waals surface area contributed by atoms with E-state index in [-0.39, 0.29) is 11.9 Å². The van der Waals surface area contributed by atoms with Crippen molar-refractivity contribution < 1.29 is 4.79 Å². The molecule has 0 aliphatic carbocycles. The largest absolute Gasteiger partial charge is 0.349 e. The topological polar surface area (TPSA) is 59.8 Å². The standard InChI is InChI=1S/C18H20N4OS/c1-12(20-18(23)11-16-13(2)24-14(3)21-16)15-7-4-5-8-17(15)22-10-6-9-19-22/h4-10,12H,11H2,1-3H3,(H,20,23)/t12-/m1/s1. The molecule has 0 bridgehead atoms. The normalized spacial score (nSPS) is 12.1. The summed E-state index contributed by atoms with van der Waals surface area (Å²) < 4.78 is 1.81. The van der Waals surface area contributed by atoms with Crippen LogP contribution in [0.1, 0.15) is 34.1 Å². The lowest BCUT2D eigenvalue weighted by molar-refractivity contribution is -0.121. The monoisotopic (exact) mass is 340 g/mol. The first kappa shape index (κ1) is 16.4. The van der Waals surface area contributed by atoms with Gasteiger partial charge >= 0.3 is 0 Å². The molecule has 0 saturated carbocycles. The number of carbonyl (C=O) groups excluding carboxylic acids is 1. The molecule has 5 nitrogen and oxygen atoms in total. The van der Waals surface area contributed by atoms with E-state index >= 15 is 0 Å². The number of benzene rings is 1. The van der Waals surface area contributed by atoms with E-state index in [0.29, 0.717) is 6.42 Å². The van der Waals surface area contributed by atoms with Crippen LogP contribution in [0.2, 0.25) is 0 Å². The first-order valence-corrected chi connectivity index (χ1v) is 8.67. The van der Waals surface area contributed by atoms with E-state index in [4.69, 9.17) is 0 Å². The van der Waals surface area contributed by atoms with Gasteiger partial charge in [-0.2, -0.15) is 5.10 Å². The second-order valence-corrected chi connectivity index (χ2v) is 7.12. The van der Waals surface area contributed by atoms with Crippen LogP contribution in [0, 0.1) is 13.8 Å². The van der Waals surface area contributed by atoms with Gasteiger partial charge in [0.15, 0.2) is 0 Å². The summed E-state index contributed by atoms with van der Waals surface area (Å²) in [4.78, 5) is 17.9. The Morgan fingerprint density at radius 2 is 2.08 bits per heavy atom. The third kappa shape index (κ3) is 3.54. The molecule has 0 unspecified atom stereocenters. The van der Waals surface area contributed by atoms with Crippen molar-refractivity contribution in [3.8, 4) is 5.69 Å². The molecule has 2 heterocycles. The quantitative estimate of drug-likeness (QED) is 0.775. The predicted molar refractivity (Wildman–Crippen MR) is 95.4 cm³/mol. The Morgan fingerprint density at radius 1 is 1.29 bits per heavy atom. The summed E-state index contributed by atoms with van der Waals surface area (Å²) >= 11 is 1.62. The van der Waals surface area contributed by atoms with Crippen molar-refractivity contribution in [1.82, 2.24) is 20.1 Å². The van der Waals surface area contributed by atoms with Crippen molar-refractivity contribution in [2.45, 2.75) is 33.2 Å². The predicted octanol–water partition coefficient (Wildman–Crippen LogP) is 3.37. The zero-order chi connectivity index (χ0) is 17.1. The third-order valence-electron chi connectivity index (χ3n) is 3.86. The SMILES string of the molecule is Cc1nc(CC(=O)N[C@H](C)c2ccccc2-n2cccn2)c(C)s1. The summed E-state index contributed by atoms with van der Waals surface area (Å²) in [5, 5.41) is 8.35. The maximum atomic E-state index is 12.4. The molecular weight excluding hydrogens is 320 g/mol. The number of hydrogen-bond acceptors (Lipinski definition) is 4. The van der Waals surface area contributed by atoms with E-state index in [9.17, 15) is 4.79 Å². The summed E-state index contributed by atoms with van der Waals surface area (Å²) in [6.45, 7) is 5.95. The summed E-state index contributed by atoms with van der Waals surface area (Å²) in [6.07, 6.45) is 3.95. The molecular formula is C18H20N4OS. The van der Waals surface area contributed by atoms with E-state index < -0.39 is 0 Å². The molecule has 1 amide bonds. The van der Waals surface area contributed by atoms with Crippen LogP contribution in [-0.2, 0) is 11.2 Å². The van der Waals surface area contributed by atoms with Gasteiger partial charge in [-0.3, -0.25) is 4.79 Å². The summed E-state index contributed by atoms with van der Waals surface area (Å²) in [7, 11) is 0. The lowest BCUT2D eigenvalue weighted by Crippen LogP contribution is -2.29. The van der Waals surface area contributed by atoms with Crippen LogP contribution in [0.4, 0.5) is 0 Å². The molecule has 0 aliphatic rings. The van der Waals surface area contributed by atoms with Gasteiger partial charge in [0, 0.05) is 17.3 Å². The Bertz CT molecular complexity index is 839. The molecule has 1 atom stereocenters. The van der Waals surface area contributed by atoms with Crippen molar-refractivity contribution >= 4 is 17.2 Å². The van der Waals surface area contributed by atoms with Gasteiger partial charge in [0.2, 0.25) is 5.91 Å². The first-order chi connectivity index (χ1) is 11.5. The van der Waals surface area contributed by atoms with E-state index in [1.54, 1.807) is 17.5 Å². The van der Waals surface area contributed by atoms with Gasteiger partial charge in [0.05, 0.1) is 28.9 Å². The Balaban J connectivity index is 1.74. The van der Waals surface area contributed by atoms with Crippen LogP contribution in [0.25, 0.3) is 5.69 Å². The number of para-hydroxylation sites is 1. The minimum absolute atomic E-state index is 0.0221. The van der Waals surface area contributed by atoms with Crippen molar-refractivity contribution in [2.75, 3.05) is 0 Å². The van der Waals surface area contributed by atoms with Crippen molar-refractivity contribution in [3.63, 3.8) is 0 Å². The number of amides is 1. The summed E-state index contributed by atoms with van der Waals surface area (Å²) in [5.41, 5.74) is 2.86. The molecule has 0 fully saturated rings. The average Bonchev–Trinajstić information content (AvgIpc) is 3.17. The van der Waals surface area contributed by atoms with Gasteiger partial charge in [-0.1, -0.05) is 18.2 Å². The minimum Gasteiger partial charge on any atom is -0.349 e. The highest BCUT2D eigenvalue weighted by Gasteiger charge is 2.16. The van der Waals surface area contributed by atoms with E-state index in [1.807, 2.05) is 62.0 Å². The number of thiazole rings is 1. The van der Waals surface area contributed by atoms with Gasteiger partial charge in [0.25, 0.3) is 0 Å². The minimum atomic E-state index is -0.113. The highest BCUT2D eigenvalue weighted by molar-refractivity contribution is 7.11. The Morgan fingerprint density at radius 3 is 2.75 bits per heavy atom. The van der Waals surface area contributed by atoms with Crippen molar-refractivity contribution in [3.05, 3.63) is 63.9 Å². The molecule has 3 aromatic rings. The van der Waals surface area contributed by atoms with Gasteiger partial charge in [-0.25, -0.2) is 9.67 Å². The van der Waals surface area contributed by atoms with Crippen molar-refractivity contribution in [1.29, 1.82) is 0 Å². The summed E-state index contributed by atoms with van der Waals surface area (Å²) in [5.74, 6) is -0.0221. The van der Waals surface area contributed by atoms with Crippen LogP contribution in [-0.4, -0.2) is 20.7 Å². The lowest BCUT2D eigenvalue weighted by Gasteiger charge is -2.18. The van der Waals surface area contributed by atoms with Crippen LogP contribution in [0.3, 0.4) is 0 Å². The molecule has 3 rings (SSSR count). The van der Waals surface area contributed by atoms with Crippen LogP contribution in [0.5, 0.6) is 0 Å². The van der Waals surface area contributed by atoms with Gasteiger partial charge in [-0.05, 0) is 38.5 Å². The molecule has 1 N–H and O–H groups in total. The highest BCUT2D eigenvalue weighted by atomic mass is 32.1. The Labute approximate surface area is 145 Å². The second kappa shape index (κ2) is 6.97. The number of aromatic nitrogens is 3. The lowest BCUT2D eigenvalue weighted by atomic mass is 10.1.